The fraction of sp³-hybridized carbons (Fsp3) is 0.800. The molecule has 1 aliphatic rings. The van der Waals surface area contributed by atoms with Crippen LogP contribution in [0.1, 0.15) is 20.3 Å². The highest BCUT2D eigenvalue weighted by atomic mass is 16.5. The molecule has 0 aromatic rings. The first-order chi connectivity index (χ1) is 5.74. The van der Waals surface area contributed by atoms with E-state index in [1.54, 1.807) is 0 Å². The first-order valence-electron chi connectivity index (χ1n) is 4.67. The van der Waals surface area contributed by atoms with Gasteiger partial charge in [0.15, 0.2) is 0 Å². The molecule has 0 aliphatic carbocycles. The van der Waals surface area contributed by atoms with E-state index < -0.39 is 0 Å². The van der Waals surface area contributed by atoms with E-state index in [-0.39, 0.29) is 0 Å². The van der Waals surface area contributed by atoms with Crippen molar-refractivity contribution >= 4 is 0 Å². The second kappa shape index (κ2) is 4.63. The molecule has 0 amide bonds. The van der Waals surface area contributed by atoms with Crippen LogP contribution in [0.15, 0.2) is 11.6 Å². The number of ether oxygens (including phenoxy) is 1. The maximum atomic E-state index is 5.31. The summed E-state index contributed by atoms with van der Waals surface area (Å²) in [5.74, 6) is 0.654. The molecule has 1 rings (SSSR count). The standard InChI is InChI=1S/C10H19NO/c1-8(9(2)11-3)6-10-4-5-12-7-10/h6,9-11H,4-5,7H2,1-3H3. The molecule has 2 nitrogen and oxygen atoms in total. The third kappa shape index (κ3) is 2.61. The van der Waals surface area contributed by atoms with E-state index in [1.807, 2.05) is 7.05 Å². The van der Waals surface area contributed by atoms with Gasteiger partial charge in [-0.15, -0.1) is 0 Å². The summed E-state index contributed by atoms with van der Waals surface area (Å²) < 4.78 is 5.31. The lowest BCUT2D eigenvalue weighted by atomic mass is 10.0. The molecule has 0 saturated carbocycles. The lowest BCUT2D eigenvalue weighted by Crippen LogP contribution is -2.22. The summed E-state index contributed by atoms with van der Waals surface area (Å²) in [5.41, 5.74) is 1.42. The fourth-order valence-electron chi connectivity index (χ4n) is 1.43. The topological polar surface area (TPSA) is 21.3 Å². The molecule has 0 aromatic heterocycles. The highest BCUT2D eigenvalue weighted by Crippen LogP contribution is 2.16. The van der Waals surface area contributed by atoms with Gasteiger partial charge in [0.2, 0.25) is 0 Å². The van der Waals surface area contributed by atoms with Crippen molar-refractivity contribution < 1.29 is 4.74 Å². The van der Waals surface area contributed by atoms with Crippen molar-refractivity contribution in [2.45, 2.75) is 26.3 Å². The van der Waals surface area contributed by atoms with E-state index in [2.05, 4.69) is 25.2 Å². The van der Waals surface area contributed by atoms with Gasteiger partial charge < -0.3 is 10.1 Å². The normalized spacial score (nSPS) is 27.6. The smallest absolute Gasteiger partial charge is 0.0529 e. The van der Waals surface area contributed by atoms with Gasteiger partial charge in [-0.3, -0.25) is 0 Å². The predicted molar refractivity (Wildman–Crippen MR) is 51.2 cm³/mol. The molecular weight excluding hydrogens is 150 g/mol. The zero-order valence-electron chi connectivity index (χ0n) is 8.26. The molecule has 0 aromatic carbocycles. The van der Waals surface area contributed by atoms with Gasteiger partial charge in [-0.25, -0.2) is 0 Å². The van der Waals surface area contributed by atoms with Gasteiger partial charge in [0.05, 0.1) is 6.61 Å². The molecule has 2 unspecified atom stereocenters. The molecule has 12 heavy (non-hydrogen) atoms. The molecule has 0 bridgehead atoms. The van der Waals surface area contributed by atoms with Crippen LogP contribution in [0.5, 0.6) is 0 Å². The molecule has 0 spiro atoms. The number of hydrogen-bond donors (Lipinski definition) is 1. The largest absolute Gasteiger partial charge is 0.381 e. The van der Waals surface area contributed by atoms with Crippen LogP contribution in [0.25, 0.3) is 0 Å². The zero-order chi connectivity index (χ0) is 8.97. The molecule has 0 radical (unpaired) electrons. The summed E-state index contributed by atoms with van der Waals surface area (Å²) in [5, 5.41) is 3.23. The highest BCUT2D eigenvalue weighted by Gasteiger charge is 2.13. The van der Waals surface area contributed by atoms with Gasteiger partial charge in [-0.2, -0.15) is 0 Å². The van der Waals surface area contributed by atoms with Crippen LogP contribution >= 0.6 is 0 Å². The van der Waals surface area contributed by atoms with Gasteiger partial charge in [0.1, 0.15) is 0 Å². The van der Waals surface area contributed by atoms with Crippen LogP contribution in [0.2, 0.25) is 0 Å². The monoisotopic (exact) mass is 169 g/mol. The van der Waals surface area contributed by atoms with E-state index in [4.69, 9.17) is 4.74 Å². The second-order valence-corrected chi connectivity index (χ2v) is 3.54. The Labute approximate surface area is 75.0 Å². The predicted octanol–water partition coefficient (Wildman–Crippen LogP) is 1.58. The van der Waals surface area contributed by atoms with Crippen LogP contribution in [-0.4, -0.2) is 26.3 Å². The van der Waals surface area contributed by atoms with Gasteiger partial charge in [-0.05, 0) is 27.3 Å². The summed E-state index contributed by atoms with van der Waals surface area (Å²) >= 11 is 0. The van der Waals surface area contributed by atoms with Crippen molar-refractivity contribution in [2.24, 2.45) is 5.92 Å². The van der Waals surface area contributed by atoms with Gasteiger partial charge >= 0.3 is 0 Å². The Morgan fingerprint density at radius 1 is 1.67 bits per heavy atom. The maximum absolute atomic E-state index is 5.31. The summed E-state index contributed by atoms with van der Waals surface area (Å²) in [6, 6.07) is 0.491. The van der Waals surface area contributed by atoms with E-state index in [0.29, 0.717) is 12.0 Å². The molecule has 2 atom stereocenters. The average Bonchev–Trinajstić information content (AvgIpc) is 2.55. The van der Waals surface area contributed by atoms with Gasteiger partial charge in [-0.1, -0.05) is 11.6 Å². The molecule has 2 heteroatoms. The Morgan fingerprint density at radius 3 is 2.92 bits per heavy atom. The summed E-state index contributed by atoms with van der Waals surface area (Å²) in [7, 11) is 1.99. The molecule has 1 saturated heterocycles. The van der Waals surface area contributed by atoms with Crippen molar-refractivity contribution in [3.63, 3.8) is 0 Å². The lowest BCUT2D eigenvalue weighted by molar-refractivity contribution is 0.191. The first-order valence-corrected chi connectivity index (χ1v) is 4.67. The van der Waals surface area contributed by atoms with Gasteiger partial charge in [0, 0.05) is 18.6 Å². The Balaban J connectivity index is 2.42. The quantitative estimate of drug-likeness (QED) is 0.648. The second-order valence-electron chi connectivity index (χ2n) is 3.54. The van der Waals surface area contributed by atoms with E-state index in [1.165, 1.54) is 12.0 Å². The van der Waals surface area contributed by atoms with Crippen LogP contribution < -0.4 is 5.32 Å². The van der Waals surface area contributed by atoms with Gasteiger partial charge in [0.25, 0.3) is 0 Å². The minimum atomic E-state index is 0.491. The van der Waals surface area contributed by atoms with E-state index in [9.17, 15) is 0 Å². The molecule has 70 valence electrons. The molecule has 1 heterocycles. The Kier molecular flexibility index (Phi) is 3.76. The summed E-state index contributed by atoms with van der Waals surface area (Å²) in [6.07, 6.45) is 3.53. The molecule has 1 N–H and O–H groups in total. The Morgan fingerprint density at radius 2 is 2.42 bits per heavy atom. The highest BCUT2D eigenvalue weighted by molar-refractivity contribution is 5.08. The maximum Gasteiger partial charge on any atom is 0.0529 e. The number of hydrogen-bond acceptors (Lipinski definition) is 2. The van der Waals surface area contributed by atoms with E-state index in [0.717, 1.165) is 13.2 Å². The van der Waals surface area contributed by atoms with Crippen LogP contribution in [-0.2, 0) is 4.74 Å². The van der Waals surface area contributed by atoms with Crippen LogP contribution in [0.4, 0.5) is 0 Å². The zero-order valence-corrected chi connectivity index (χ0v) is 8.26. The van der Waals surface area contributed by atoms with E-state index >= 15 is 0 Å². The minimum Gasteiger partial charge on any atom is -0.381 e. The van der Waals surface area contributed by atoms with Crippen molar-refractivity contribution in [3.8, 4) is 0 Å². The van der Waals surface area contributed by atoms with Crippen molar-refractivity contribution in [1.29, 1.82) is 0 Å². The number of rotatable bonds is 3. The number of likely N-dealkylation sites (N-methyl/N-ethyl adjacent to an activating group) is 1. The molecule has 1 fully saturated rings. The third-order valence-corrected chi connectivity index (χ3v) is 2.58. The fourth-order valence-corrected chi connectivity index (χ4v) is 1.43. The molecular formula is C10H19NO. The summed E-state index contributed by atoms with van der Waals surface area (Å²) in [4.78, 5) is 0. The number of nitrogens with one attached hydrogen (secondary N) is 1. The van der Waals surface area contributed by atoms with Crippen molar-refractivity contribution in [2.75, 3.05) is 20.3 Å². The third-order valence-electron chi connectivity index (χ3n) is 2.58. The molecule has 1 aliphatic heterocycles. The minimum absolute atomic E-state index is 0.491. The Bertz CT molecular complexity index is 159. The van der Waals surface area contributed by atoms with Crippen LogP contribution in [0.3, 0.4) is 0 Å². The lowest BCUT2D eigenvalue weighted by Gasteiger charge is -2.12. The summed E-state index contributed by atoms with van der Waals surface area (Å²) in [6.45, 7) is 6.21. The van der Waals surface area contributed by atoms with Crippen molar-refractivity contribution in [3.05, 3.63) is 11.6 Å². The Hall–Kier alpha value is -0.340. The SMILES string of the molecule is CNC(C)C(C)=CC1CCOC1. The van der Waals surface area contributed by atoms with Crippen LogP contribution in [0, 0.1) is 5.92 Å². The average molecular weight is 169 g/mol. The first kappa shape index (κ1) is 9.75. The van der Waals surface area contributed by atoms with Crippen molar-refractivity contribution in [1.82, 2.24) is 5.32 Å².